The fourth-order valence-corrected chi connectivity index (χ4v) is 5.90. The Morgan fingerprint density at radius 1 is 1.13 bits per heavy atom. The van der Waals surface area contributed by atoms with Crippen LogP contribution in [0.4, 0.5) is 10.8 Å². The predicted octanol–water partition coefficient (Wildman–Crippen LogP) is 4.32. The first-order valence-electron chi connectivity index (χ1n) is 9.65. The monoisotopic (exact) mass is 476 g/mol. The SMILES string of the molecule is CC[C@@H](C(=O)Nc1nnc(SCc2ccccc2)s1)N(c1ccc(C)cc1)S(C)(=O)=O. The van der Waals surface area contributed by atoms with Crippen molar-refractivity contribution in [3.05, 3.63) is 65.7 Å². The van der Waals surface area contributed by atoms with Crippen molar-refractivity contribution in [3.63, 3.8) is 0 Å². The highest BCUT2D eigenvalue weighted by Crippen LogP contribution is 2.29. The Labute approximate surface area is 191 Å². The van der Waals surface area contributed by atoms with Gasteiger partial charge in [-0.1, -0.05) is 78.1 Å². The smallest absolute Gasteiger partial charge is 0.250 e. The molecule has 0 spiro atoms. The van der Waals surface area contributed by atoms with Crippen molar-refractivity contribution in [2.24, 2.45) is 0 Å². The van der Waals surface area contributed by atoms with Crippen LogP contribution in [-0.2, 0) is 20.6 Å². The van der Waals surface area contributed by atoms with E-state index >= 15 is 0 Å². The summed E-state index contributed by atoms with van der Waals surface area (Å²) in [5.74, 6) is 0.306. The highest BCUT2D eigenvalue weighted by atomic mass is 32.2. The molecule has 3 rings (SSSR count). The van der Waals surface area contributed by atoms with Crippen LogP contribution < -0.4 is 9.62 Å². The Hall–Kier alpha value is -2.43. The summed E-state index contributed by atoms with van der Waals surface area (Å²) >= 11 is 2.80. The van der Waals surface area contributed by atoms with E-state index in [1.165, 1.54) is 28.7 Å². The molecular weight excluding hydrogens is 452 g/mol. The lowest BCUT2D eigenvalue weighted by Crippen LogP contribution is -2.47. The molecule has 0 saturated heterocycles. The number of carbonyl (C=O) groups excluding carboxylic acids is 1. The van der Waals surface area contributed by atoms with Crippen LogP contribution >= 0.6 is 23.1 Å². The van der Waals surface area contributed by atoms with Gasteiger partial charge in [-0.15, -0.1) is 10.2 Å². The van der Waals surface area contributed by atoms with Crippen LogP contribution in [0.2, 0.25) is 0 Å². The zero-order valence-electron chi connectivity index (χ0n) is 17.5. The van der Waals surface area contributed by atoms with Gasteiger partial charge < -0.3 is 0 Å². The molecule has 10 heteroatoms. The van der Waals surface area contributed by atoms with E-state index < -0.39 is 22.0 Å². The summed E-state index contributed by atoms with van der Waals surface area (Å²) in [6.07, 6.45) is 1.41. The van der Waals surface area contributed by atoms with Crippen LogP contribution in [0.3, 0.4) is 0 Å². The highest BCUT2D eigenvalue weighted by Gasteiger charge is 2.32. The number of sulfonamides is 1. The van der Waals surface area contributed by atoms with Gasteiger partial charge in [0.1, 0.15) is 6.04 Å². The van der Waals surface area contributed by atoms with Gasteiger partial charge in [-0.25, -0.2) is 8.42 Å². The number of nitrogens with one attached hydrogen (secondary N) is 1. The molecule has 0 saturated carbocycles. The molecular formula is C21H24N4O3S3. The second-order valence-corrected chi connectivity index (χ2v) is 11.0. The Bertz CT molecular complexity index is 1120. The van der Waals surface area contributed by atoms with Crippen LogP contribution in [0.25, 0.3) is 0 Å². The van der Waals surface area contributed by atoms with Crippen molar-refractivity contribution >= 4 is 49.8 Å². The maximum Gasteiger partial charge on any atom is 0.250 e. The topological polar surface area (TPSA) is 92.3 Å². The quantitative estimate of drug-likeness (QED) is 0.365. The summed E-state index contributed by atoms with van der Waals surface area (Å²) in [7, 11) is -3.68. The Morgan fingerprint density at radius 2 is 1.81 bits per heavy atom. The van der Waals surface area contributed by atoms with Crippen molar-refractivity contribution in [3.8, 4) is 0 Å². The van der Waals surface area contributed by atoms with E-state index in [1.807, 2.05) is 49.4 Å². The number of anilines is 2. The normalized spacial score (nSPS) is 12.4. The summed E-state index contributed by atoms with van der Waals surface area (Å²) in [5, 5.41) is 11.2. The number of nitrogens with zero attached hydrogens (tertiary/aromatic N) is 3. The molecule has 0 aliphatic heterocycles. The molecule has 1 atom stereocenters. The van der Waals surface area contributed by atoms with Gasteiger partial charge in [-0.05, 0) is 31.0 Å². The first-order valence-corrected chi connectivity index (χ1v) is 13.3. The van der Waals surface area contributed by atoms with Gasteiger partial charge in [0, 0.05) is 5.75 Å². The van der Waals surface area contributed by atoms with E-state index in [2.05, 4.69) is 15.5 Å². The molecule has 2 aromatic carbocycles. The molecule has 164 valence electrons. The van der Waals surface area contributed by atoms with Crippen LogP contribution in [0, 0.1) is 6.92 Å². The van der Waals surface area contributed by atoms with E-state index in [-0.39, 0.29) is 0 Å². The van der Waals surface area contributed by atoms with Crippen LogP contribution in [-0.4, -0.2) is 36.8 Å². The average molecular weight is 477 g/mol. The van der Waals surface area contributed by atoms with Gasteiger partial charge >= 0.3 is 0 Å². The van der Waals surface area contributed by atoms with E-state index in [4.69, 9.17) is 0 Å². The van der Waals surface area contributed by atoms with Gasteiger partial charge in [-0.2, -0.15) is 0 Å². The summed E-state index contributed by atoms with van der Waals surface area (Å²) in [4.78, 5) is 13.0. The molecule has 0 fully saturated rings. The average Bonchev–Trinajstić information content (AvgIpc) is 3.18. The minimum atomic E-state index is -3.68. The van der Waals surface area contributed by atoms with Gasteiger partial charge in [0.15, 0.2) is 4.34 Å². The number of hydrogen-bond donors (Lipinski definition) is 1. The third kappa shape index (κ3) is 6.28. The molecule has 7 nitrogen and oxygen atoms in total. The number of hydrogen-bond acceptors (Lipinski definition) is 7. The van der Waals surface area contributed by atoms with E-state index in [0.29, 0.717) is 17.2 Å². The van der Waals surface area contributed by atoms with Gasteiger partial charge in [0.05, 0.1) is 11.9 Å². The Morgan fingerprint density at radius 3 is 2.42 bits per heavy atom. The molecule has 0 aliphatic rings. The minimum Gasteiger partial charge on any atom is -0.299 e. The largest absolute Gasteiger partial charge is 0.299 e. The molecule has 1 amide bonds. The van der Waals surface area contributed by atoms with Crippen LogP contribution in [0.5, 0.6) is 0 Å². The lowest BCUT2D eigenvalue weighted by atomic mass is 10.1. The molecule has 1 aromatic heterocycles. The minimum absolute atomic E-state index is 0.307. The standard InChI is InChI=1S/C21H24N4O3S3/c1-4-18(25(31(3,27)28)17-12-10-15(2)11-13-17)19(26)22-20-23-24-21(30-20)29-14-16-8-6-5-7-9-16/h5-13,18H,4,14H2,1-3H3,(H,22,23,26)/t18-/m0/s1. The molecule has 0 unspecified atom stereocenters. The fraction of sp³-hybridized carbons (Fsp3) is 0.286. The van der Waals surface area contributed by atoms with E-state index in [9.17, 15) is 13.2 Å². The fourth-order valence-electron chi connectivity index (χ4n) is 2.98. The molecule has 0 bridgehead atoms. The van der Waals surface area contributed by atoms with Crippen molar-refractivity contribution in [1.29, 1.82) is 0 Å². The summed E-state index contributed by atoms with van der Waals surface area (Å²) in [6, 6.07) is 16.1. The number of benzene rings is 2. The maximum absolute atomic E-state index is 13.0. The van der Waals surface area contributed by atoms with Crippen molar-refractivity contribution in [2.45, 2.75) is 36.4 Å². The van der Waals surface area contributed by atoms with Gasteiger partial charge in [0.2, 0.25) is 21.1 Å². The van der Waals surface area contributed by atoms with E-state index in [1.54, 1.807) is 19.1 Å². The Balaban J connectivity index is 1.72. The van der Waals surface area contributed by atoms with Gasteiger partial charge in [0.25, 0.3) is 0 Å². The third-order valence-electron chi connectivity index (χ3n) is 4.46. The number of amides is 1. The molecule has 1 N–H and O–H groups in total. The number of aromatic nitrogens is 2. The second kappa shape index (κ2) is 10.3. The second-order valence-electron chi connectivity index (χ2n) is 6.96. The Kier molecular flexibility index (Phi) is 7.69. The van der Waals surface area contributed by atoms with E-state index in [0.717, 1.165) is 26.2 Å². The number of carbonyl (C=O) groups is 1. The predicted molar refractivity (Wildman–Crippen MR) is 127 cm³/mol. The lowest BCUT2D eigenvalue weighted by molar-refractivity contribution is -0.117. The number of thioether (sulfide) groups is 1. The van der Waals surface area contributed by atoms with Crippen molar-refractivity contribution in [2.75, 3.05) is 15.9 Å². The third-order valence-corrected chi connectivity index (χ3v) is 7.68. The summed E-state index contributed by atoms with van der Waals surface area (Å²) in [5.41, 5.74) is 2.62. The van der Waals surface area contributed by atoms with Crippen molar-refractivity contribution < 1.29 is 13.2 Å². The molecule has 0 aliphatic carbocycles. The first kappa shape index (κ1) is 23.2. The van der Waals surface area contributed by atoms with Crippen LogP contribution in [0.15, 0.2) is 58.9 Å². The molecule has 3 aromatic rings. The van der Waals surface area contributed by atoms with Crippen molar-refractivity contribution in [1.82, 2.24) is 10.2 Å². The number of aryl methyl sites for hydroxylation is 1. The number of rotatable bonds is 9. The first-order chi connectivity index (χ1) is 14.8. The van der Waals surface area contributed by atoms with Gasteiger partial charge in [-0.3, -0.25) is 14.4 Å². The maximum atomic E-state index is 13.0. The highest BCUT2D eigenvalue weighted by molar-refractivity contribution is 8.00. The lowest BCUT2D eigenvalue weighted by Gasteiger charge is -2.29. The molecule has 31 heavy (non-hydrogen) atoms. The summed E-state index contributed by atoms with van der Waals surface area (Å²) in [6.45, 7) is 3.69. The van der Waals surface area contributed by atoms with Crippen LogP contribution in [0.1, 0.15) is 24.5 Å². The zero-order valence-corrected chi connectivity index (χ0v) is 19.9. The zero-order chi connectivity index (χ0) is 22.4. The summed E-state index contributed by atoms with van der Waals surface area (Å²) < 4.78 is 26.9. The molecule has 1 heterocycles. The molecule has 0 radical (unpaired) electrons.